The van der Waals surface area contributed by atoms with Crippen LogP contribution in [-0.2, 0) is 4.79 Å². The van der Waals surface area contributed by atoms with Gasteiger partial charge in [-0.25, -0.2) is 0 Å². The Kier molecular flexibility index (Phi) is 10.5. The number of carbonyl (C=O) groups is 1. The molecule has 1 aliphatic heterocycles. The van der Waals surface area contributed by atoms with Gasteiger partial charge in [0.05, 0.1) is 0 Å². The number of carboxylic acid groups (broad SMARTS) is 1. The molecule has 2 atom stereocenters. The molecule has 0 aliphatic carbocycles. The van der Waals surface area contributed by atoms with Gasteiger partial charge in [-0.1, -0.05) is 0 Å². The number of aliphatic carboxylic acids is 1. The van der Waals surface area contributed by atoms with Gasteiger partial charge in [0.1, 0.15) is 0 Å². The summed E-state index contributed by atoms with van der Waals surface area (Å²) >= 11 is 3.71. The second-order valence-corrected chi connectivity index (χ2v) is 24.9. The first-order valence-electron chi connectivity index (χ1n) is 15.0. The van der Waals surface area contributed by atoms with E-state index in [0.717, 1.165) is 28.9 Å². The number of hydrogen-bond donors (Lipinski definition) is 1. The van der Waals surface area contributed by atoms with Crippen LogP contribution in [0.1, 0.15) is 96.7 Å². The first-order valence-corrected chi connectivity index (χ1v) is 22.9. The van der Waals surface area contributed by atoms with Gasteiger partial charge in [-0.2, -0.15) is 0 Å². The summed E-state index contributed by atoms with van der Waals surface area (Å²) < 4.78 is 8.50. The van der Waals surface area contributed by atoms with E-state index >= 15 is 0 Å². The number of halogens is 1. The number of fused-ring (bicyclic) bond motifs is 1. The number of pyridine rings is 1. The Hall–Kier alpha value is -2.13. The molecule has 40 heavy (non-hydrogen) atoms. The van der Waals surface area contributed by atoms with Crippen LogP contribution in [0.2, 0.25) is 18.3 Å². The van der Waals surface area contributed by atoms with Crippen molar-refractivity contribution in [3.63, 3.8) is 0 Å². The molecule has 7 nitrogen and oxygen atoms in total. The molecule has 3 heterocycles. The second kappa shape index (κ2) is 13.7. The number of carboxylic acids is 1. The first-order chi connectivity index (χ1) is 19.3. The fourth-order valence-corrected chi connectivity index (χ4v) is 21.5. The van der Waals surface area contributed by atoms with E-state index in [2.05, 4.69) is 32.2 Å². The zero-order chi connectivity index (χ0) is 28.9. The third-order valence-electron chi connectivity index (χ3n) is 8.69. The van der Waals surface area contributed by atoms with Crippen molar-refractivity contribution in [2.45, 2.75) is 104 Å². The van der Waals surface area contributed by atoms with Gasteiger partial charge in [0.15, 0.2) is 0 Å². The van der Waals surface area contributed by atoms with Gasteiger partial charge in [-0.05, 0) is 0 Å². The Morgan fingerprint density at radius 2 is 1.68 bits per heavy atom. The van der Waals surface area contributed by atoms with E-state index in [-0.39, 0.29) is 11.5 Å². The van der Waals surface area contributed by atoms with Gasteiger partial charge >= 0.3 is 248 Å². The minimum absolute atomic E-state index is 0.0137. The molecular weight excluding hydrogens is 631 g/mol. The topological polar surface area (TPSA) is 90.0 Å². The SMILES string of the molecule is CCC[CH2][Sn]([CH2]CCC)([CH2]CCC)[c]1cn(-c2ccc(Cl)cc2-c2cc3n(c(=O)c2)[C@H](C(=O)O)CC3CC)nn1. The van der Waals surface area contributed by atoms with Crippen molar-refractivity contribution in [3.8, 4) is 16.8 Å². The number of benzene rings is 1. The quantitative estimate of drug-likeness (QED) is 0.181. The predicted molar refractivity (Wildman–Crippen MR) is 165 cm³/mol. The van der Waals surface area contributed by atoms with Crippen molar-refractivity contribution in [1.82, 2.24) is 19.6 Å². The van der Waals surface area contributed by atoms with E-state index in [1.807, 2.05) is 35.9 Å². The number of hydrogen-bond acceptors (Lipinski definition) is 4. The molecule has 1 N–H and O–H groups in total. The van der Waals surface area contributed by atoms with E-state index in [4.69, 9.17) is 16.7 Å². The van der Waals surface area contributed by atoms with Crippen molar-refractivity contribution in [2.24, 2.45) is 0 Å². The van der Waals surface area contributed by atoms with E-state index < -0.39 is 30.4 Å². The zero-order valence-corrected chi connectivity index (χ0v) is 27.9. The summed E-state index contributed by atoms with van der Waals surface area (Å²) in [6.45, 7) is 8.85. The van der Waals surface area contributed by atoms with Crippen molar-refractivity contribution < 1.29 is 9.90 Å². The predicted octanol–water partition coefficient (Wildman–Crippen LogP) is 7.33. The Bertz CT molecular complexity index is 1360. The molecule has 216 valence electrons. The van der Waals surface area contributed by atoms with Gasteiger partial charge in [0, 0.05) is 0 Å². The molecule has 0 radical (unpaired) electrons. The third kappa shape index (κ3) is 6.35. The van der Waals surface area contributed by atoms with Crippen LogP contribution in [0, 0.1) is 0 Å². The fraction of sp³-hybridized carbons (Fsp3) is 0.548. The molecule has 1 aromatic carbocycles. The number of nitrogens with zero attached hydrogens (tertiary/aromatic N) is 4. The van der Waals surface area contributed by atoms with Crippen molar-refractivity contribution in [1.29, 1.82) is 0 Å². The number of rotatable bonds is 14. The van der Waals surface area contributed by atoms with Gasteiger partial charge in [-0.15, -0.1) is 0 Å². The molecule has 1 unspecified atom stereocenters. The van der Waals surface area contributed by atoms with Crippen molar-refractivity contribution in [2.75, 3.05) is 0 Å². The van der Waals surface area contributed by atoms with E-state index in [9.17, 15) is 14.7 Å². The minimum atomic E-state index is -2.78. The summed E-state index contributed by atoms with van der Waals surface area (Å²) in [5, 5.41) is 19.8. The zero-order valence-electron chi connectivity index (χ0n) is 24.3. The fourth-order valence-electron chi connectivity index (χ4n) is 6.36. The van der Waals surface area contributed by atoms with Crippen LogP contribution in [0.3, 0.4) is 0 Å². The van der Waals surface area contributed by atoms with E-state index in [1.165, 1.54) is 66.2 Å². The molecule has 3 aromatic rings. The maximum absolute atomic E-state index is 13.3. The average molecular weight is 674 g/mol. The Morgan fingerprint density at radius 1 is 1.02 bits per heavy atom. The van der Waals surface area contributed by atoms with Gasteiger partial charge in [0.25, 0.3) is 0 Å². The Balaban J connectivity index is 1.81. The van der Waals surface area contributed by atoms with Crippen LogP contribution >= 0.6 is 11.6 Å². The van der Waals surface area contributed by atoms with Crippen LogP contribution in [0.4, 0.5) is 0 Å². The molecule has 0 spiro atoms. The normalized spacial score (nSPS) is 16.8. The molecule has 0 saturated carbocycles. The number of aromatic nitrogens is 4. The molecule has 0 bridgehead atoms. The van der Waals surface area contributed by atoms with Crippen molar-refractivity contribution in [3.05, 3.63) is 57.6 Å². The second-order valence-electron chi connectivity index (χ2n) is 11.4. The summed E-state index contributed by atoms with van der Waals surface area (Å²) in [5.74, 6) is -0.950. The maximum atomic E-state index is 13.3. The van der Waals surface area contributed by atoms with Crippen LogP contribution in [-0.4, -0.2) is 49.0 Å². The van der Waals surface area contributed by atoms with Gasteiger partial charge < -0.3 is 0 Å². The summed E-state index contributed by atoms with van der Waals surface area (Å²) in [6, 6.07) is 8.35. The van der Waals surface area contributed by atoms with E-state index in [1.54, 1.807) is 0 Å². The third-order valence-corrected chi connectivity index (χ3v) is 23.9. The standard InChI is InChI=1S/C19H16ClN4O3.3C4H9.Sn/c1-2-11-7-17(19(26)27)24-16(11)8-12(9-18(24)25)14-10-13(20)3-4-15(14)23-6-5-21-22-23;3*1-3-4-2;/h3-4,6,8-11,17H,2,7H2,1H3,(H,26,27);3*1,3-4H2,2H3;/t11?,17-;;;;/m0..../s1. The number of unbranched alkanes of at least 4 members (excludes halogenated alkanes) is 3. The van der Waals surface area contributed by atoms with Gasteiger partial charge in [-0.3, -0.25) is 0 Å². The van der Waals surface area contributed by atoms with Gasteiger partial charge in [0.2, 0.25) is 0 Å². The molecular formula is C31H43ClN4O3Sn. The molecule has 1 aliphatic rings. The Labute approximate surface area is 246 Å². The van der Waals surface area contributed by atoms with Crippen LogP contribution < -0.4 is 9.27 Å². The molecule has 0 fully saturated rings. The Morgan fingerprint density at radius 3 is 2.25 bits per heavy atom. The molecule has 2 aromatic heterocycles. The van der Waals surface area contributed by atoms with Crippen LogP contribution in [0.25, 0.3) is 16.8 Å². The average Bonchev–Trinajstić information content (AvgIpc) is 3.59. The molecule has 0 saturated heterocycles. The molecule has 0 amide bonds. The van der Waals surface area contributed by atoms with Crippen LogP contribution in [0.5, 0.6) is 0 Å². The summed E-state index contributed by atoms with van der Waals surface area (Å²) in [4.78, 5) is 25.2. The summed E-state index contributed by atoms with van der Waals surface area (Å²) in [6.07, 6.45) is 10.7. The first kappa shape index (κ1) is 30.8. The summed E-state index contributed by atoms with van der Waals surface area (Å²) in [7, 11) is 0. The molecule has 4 rings (SSSR count). The monoisotopic (exact) mass is 674 g/mol. The van der Waals surface area contributed by atoms with Crippen molar-refractivity contribution >= 4 is 39.7 Å². The van der Waals surface area contributed by atoms with Crippen LogP contribution in [0.15, 0.2) is 41.3 Å². The summed E-state index contributed by atoms with van der Waals surface area (Å²) in [5.41, 5.74) is 2.84. The van der Waals surface area contributed by atoms with E-state index in [0.29, 0.717) is 11.4 Å². The molecule has 9 heteroatoms.